The Balaban J connectivity index is 1.92. The van der Waals surface area contributed by atoms with Crippen molar-refractivity contribution in [3.63, 3.8) is 0 Å². The van der Waals surface area contributed by atoms with Crippen molar-refractivity contribution in [2.75, 3.05) is 24.5 Å². The molecule has 1 N–H and O–H groups in total. The van der Waals surface area contributed by atoms with Crippen LogP contribution in [0.5, 0.6) is 0 Å². The zero-order chi connectivity index (χ0) is 14.6. The minimum absolute atomic E-state index is 0.245. The molecule has 0 unspecified atom stereocenters. The molecule has 1 aromatic rings. The van der Waals surface area contributed by atoms with Gasteiger partial charge in [-0.2, -0.15) is 0 Å². The van der Waals surface area contributed by atoms with Crippen molar-refractivity contribution in [1.82, 2.24) is 5.32 Å². The molecule has 2 heteroatoms. The summed E-state index contributed by atoms with van der Waals surface area (Å²) < 4.78 is 0. The maximum Gasteiger partial charge on any atom is 0.0441 e. The number of rotatable bonds is 0. The van der Waals surface area contributed by atoms with Crippen LogP contribution in [0.1, 0.15) is 62.6 Å². The van der Waals surface area contributed by atoms with E-state index in [0.717, 1.165) is 6.04 Å². The van der Waals surface area contributed by atoms with Gasteiger partial charge in [0.25, 0.3) is 0 Å². The lowest BCUT2D eigenvalue weighted by molar-refractivity contribution is 0.495. The van der Waals surface area contributed by atoms with Gasteiger partial charge in [0.05, 0.1) is 0 Å². The second-order valence-corrected chi connectivity index (χ2v) is 8.10. The Morgan fingerprint density at radius 2 is 2.05 bits per heavy atom. The van der Waals surface area contributed by atoms with Crippen molar-refractivity contribution in [2.24, 2.45) is 0 Å². The van der Waals surface area contributed by atoms with E-state index in [1.807, 2.05) is 0 Å². The molecule has 3 heterocycles. The number of nitrogens with zero attached hydrogens (tertiary/aromatic N) is 1. The van der Waals surface area contributed by atoms with Crippen LogP contribution < -0.4 is 10.2 Å². The summed E-state index contributed by atoms with van der Waals surface area (Å²) >= 11 is 0. The Morgan fingerprint density at radius 1 is 1.19 bits per heavy atom. The van der Waals surface area contributed by atoms with Crippen molar-refractivity contribution in [3.8, 4) is 0 Å². The zero-order valence-electron chi connectivity index (χ0n) is 13.7. The van der Waals surface area contributed by atoms with E-state index in [2.05, 4.69) is 43.1 Å². The summed E-state index contributed by atoms with van der Waals surface area (Å²) in [6.45, 7) is 10.7. The first kappa shape index (κ1) is 13.6. The van der Waals surface area contributed by atoms with Crippen molar-refractivity contribution in [3.05, 3.63) is 28.8 Å². The van der Waals surface area contributed by atoms with Gasteiger partial charge < -0.3 is 10.2 Å². The molecule has 1 saturated heterocycles. The van der Waals surface area contributed by atoms with Gasteiger partial charge in [-0.3, -0.25) is 0 Å². The third-order valence-electron chi connectivity index (χ3n) is 5.69. The Morgan fingerprint density at radius 3 is 2.86 bits per heavy atom. The molecule has 3 aliphatic rings. The molecule has 0 bridgehead atoms. The summed E-state index contributed by atoms with van der Waals surface area (Å²) in [5, 5.41) is 3.70. The quantitative estimate of drug-likeness (QED) is 0.783. The van der Waals surface area contributed by atoms with Gasteiger partial charge in [0, 0.05) is 30.7 Å². The number of benzene rings is 1. The highest BCUT2D eigenvalue weighted by Crippen LogP contribution is 2.50. The van der Waals surface area contributed by atoms with E-state index >= 15 is 0 Å². The lowest BCUT2D eigenvalue weighted by atomic mass is 9.78. The summed E-state index contributed by atoms with van der Waals surface area (Å²) in [6, 6.07) is 5.60. The SMILES string of the molecule is CC(C)(C)c1ccc2c3c1[C@H]1CNCCC[C@H]1N3CCC2. The molecule has 0 radical (unpaired) electrons. The van der Waals surface area contributed by atoms with Crippen LogP contribution in [0.2, 0.25) is 0 Å². The highest BCUT2D eigenvalue weighted by Gasteiger charge is 2.43. The number of aryl methyl sites for hydroxylation is 1. The van der Waals surface area contributed by atoms with E-state index in [0.29, 0.717) is 5.92 Å². The molecule has 0 spiro atoms. The smallest absolute Gasteiger partial charge is 0.0441 e. The molecule has 114 valence electrons. The Labute approximate surface area is 128 Å². The van der Waals surface area contributed by atoms with Crippen LogP contribution in [0.25, 0.3) is 0 Å². The number of nitrogens with one attached hydrogen (secondary N) is 1. The summed E-state index contributed by atoms with van der Waals surface area (Å²) in [4.78, 5) is 2.78. The molecular weight excluding hydrogens is 256 g/mol. The maximum atomic E-state index is 3.70. The molecule has 0 amide bonds. The average Bonchev–Trinajstić information content (AvgIpc) is 2.63. The molecule has 2 atom stereocenters. The molecule has 4 rings (SSSR count). The maximum absolute atomic E-state index is 3.70. The molecular formula is C19H28N2. The number of fused-ring (bicyclic) bond motifs is 3. The van der Waals surface area contributed by atoms with Crippen molar-refractivity contribution in [2.45, 2.75) is 63.8 Å². The largest absolute Gasteiger partial charge is 0.367 e. The number of anilines is 1. The molecule has 0 saturated carbocycles. The monoisotopic (exact) mass is 284 g/mol. The lowest BCUT2D eigenvalue weighted by Gasteiger charge is -2.33. The van der Waals surface area contributed by atoms with Crippen LogP contribution in [0, 0.1) is 0 Å². The summed E-state index contributed by atoms with van der Waals surface area (Å²) in [7, 11) is 0. The standard InChI is InChI=1S/C19H28N2/c1-19(2,3)15-9-8-13-6-5-11-21-16-7-4-10-20-12-14(16)17(15)18(13)21/h8-9,14,16,20H,4-7,10-12H2,1-3H3/t14-,16+/m0/s1. The molecule has 2 nitrogen and oxygen atoms in total. The zero-order valence-corrected chi connectivity index (χ0v) is 13.7. The van der Waals surface area contributed by atoms with Crippen LogP contribution in [0.3, 0.4) is 0 Å². The van der Waals surface area contributed by atoms with E-state index in [-0.39, 0.29) is 5.41 Å². The van der Waals surface area contributed by atoms with Crippen LogP contribution in [0.15, 0.2) is 12.1 Å². The fourth-order valence-corrected chi connectivity index (χ4v) is 4.81. The molecule has 1 aromatic carbocycles. The van der Waals surface area contributed by atoms with E-state index in [1.165, 1.54) is 45.3 Å². The van der Waals surface area contributed by atoms with E-state index in [9.17, 15) is 0 Å². The first-order valence-electron chi connectivity index (χ1n) is 8.71. The molecule has 0 aliphatic carbocycles. The van der Waals surface area contributed by atoms with Gasteiger partial charge in [-0.05, 0) is 54.3 Å². The Hall–Kier alpha value is -1.02. The van der Waals surface area contributed by atoms with Crippen LogP contribution in [-0.2, 0) is 11.8 Å². The fraction of sp³-hybridized carbons (Fsp3) is 0.684. The van der Waals surface area contributed by atoms with Crippen molar-refractivity contribution in [1.29, 1.82) is 0 Å². The van der Waals surface area contributed by atoms with Gasteiger partial charge in [-0.1, -0.05) is 32.9 Å². The highest BCUT2D eigenvalue weighted by atomic mass is 15.2. The second kappa shape index (κ2) is 4.74. The van der Waals surface area contributed by atoms with Crippen LogP contribution in [-0.4, -0.2) is 25.7 Å². The normalized spacial score (nSPS) is 28.0. The van der Waals surface area contributed by atoms with Crippen molar-refractivity contribution < 1.29 is 0 Å². The Kier molecular flexibility index (Phi) is 3.08. The predicted molar refractivity (Wildman–Crippen MR) is 89.4 cm³/mol. The van der Waals surface area contributed by atoms with Gasteiger partial charge in [0.15, 0.2) is 0 Å². The molecule has 0 aromatic heterocycles. The topological polar surface area (TPSA) is 15.3 Å². The van der Waals surface area contributed by atoms with Gasteiger partial charge >= 0.3 is 0 Å². The van der Waals surface area contributed by atoms with Crippen LogP contribution >= 0.6 is 0 Å². The lowest BCUT2D eigenvalue weighted by Crippen LogP contribution is -2.38. The average molecular weight is 284 g/mol. The van der Waals surface area contributed by atoms with E-state index in [1.54, 1.807) is 22.4 Å². The fourth-order valence-electron chi connectivity index (χ4n) is 4.81. The Bertz CT molecular complexity index is 555. The van der Waals surface area contributed by atoms with E-state index in [4.69, 9.17) is 0 Å². The predicted octanol–water partition coefficient (Wildman–Crippen LogP) is 3.59. The number of hydrogen-bond acceptors (Lipinski definition) is 2. The van der Waals surface area contributed by atoms with E-state index < -0.39 is 0 Å². The first-order chi connectivity index (χ1) is 10.1. The molecule has 1 fully saturated rings. The third kappa shape index (κ3) is 2.03. The second-order valence-electron chi connectivity index (χ2n) is 8.10. The number of hydrogen-bond donors (Lipinski definition) is 1. The van der Waals surface area contributed by atoms with Crippen molar-refractivity contribution >= 4 is 5.69 Å². The van der Waals surface area contributed by atoms with Gasteiger partial charge in [-0.15, -0.1) is 0 Å². The highest BCUT2D eigenvalue weighted by molar-refractivity contribution is 5.71. The van der Waals surface area contributed by atoms with Gasteiger partial charge in [-0.25, -0.2) is 0 Å². The van der Waals surface area contributed by atoms with Gasteiger partial charge in [0.1, 0.15) is 0 Å². The van der Waals surface area contributed by atoms with Crippen LogP contribution in [0.4, 0.5) is 5.69 Å². The summed E-state index contributed by atoms with van der Waals surface area (Å²) in [6.07, 6.45) is 5.29. The first-order valence-corrected chi connectivity index (χ1v) is 8.71. The minimum atomic E-state index is 0.245. The minimum Gasteiger partial charge on any atom is -0.367 e. The molecule has 3 aliphatic heterocycles. The summed E-state index contributed by atoms with van der Waals surface area (Å²) in [5.74, 6) is 0.703. The molecule has 21 heavy (non-hydrogen) atoms. The summed E-state index contributed by atoms with van der Waals surface area (Å²) in [5.41, 5.74) is 6.77. The van der Waals surface area contributed by atoms with Gasteiger partial charge in [0.2, 0.25) is 0 Å². The third-order valence-corrected chi connectivity index (χ3v) is 5.69.